The van der Waals surface area contributed by atoms with Gasteiger partial charge in [0.2, 0.25) is 0 Å². The molecule has 0 saturated heterocycles. The average Bonchev–Trinajstić information content (AvgIpc) is 2.43. The van der Waals surface area contributed by atoms with Crippen molar-refractivity contribution >= 4 is 21.9 Å². The Balaban J connectivity index is 2.97. The highest BCUT2D eigenvalue weighted by Crippen LogP contribution is 1.87. The highest BCUT2D eigenvalue weighted by molar-refractivity contribution is 9.09. The van der Waals surface area contributed by atoms with Crippen molar-refractivity contribution in [2.75, 3.05) is 65.3 Å². The van der Waals surface area contributed by atoms with E-state index in [1.54, 1.807) is 0 Å². The van der Waals surface area contributed by atoms with Gasteiger partial charge in [-0.2, -0.15) is 0 Å². The van der Waals surface area contributed by atoms with Crippen LogP contribution < -0.4 is 0 Å². The molecule has 0 aromatic rings. The van der Waals surface area contributed by atoms with E-state index in [0.29, 0.717) is 52.9 Å². The molecule has 6 nitrogen and oxygen atoms in total. The minimum atomic E-state index is -0.267. The third kappa shape index (κ3) is 15.7. The van der Waals surface area contributed by atoms with Gasteiger partial charge in [0.05, 0.1) is 66.4 Å². The van der Waals surface area contributed by atoms with Crippen LogP contribution >= 0.6 is 15.9 Å². The maximum Gasteiger partial charge on any atom is 0.307 e. The van der Waals surface area contributed by atoms with Crippen LogP contribution in [0.3, 0.4) is 0 Å². The Bertz CT molecular complexity index is 203. The molecule has 7 heteroatoms. The molecule has 0 radical (unpaired) electrons. The fraction of sp³-hybridized carbons (Fsp3) is 0.917. The van der Waals surface area contributed by atoms with E-state index in [-0.39, 0.29) is 12.4 Å². The van der Waals surface area contributed by atoms with E-state index in [1.165, 1.54) is 7.11 Å². The lowest BCUT2D eigenvalue weighted by Gasteiger charge is -2.06. The summed E-state index contributed by atoms with van der Waals surface area (Å²) in [5.74, 6) is -0.267. The Hall–Kier alpha value is -0.210. The first-order valence-corrected chi connectivity index (χ1v) is 7.37. The second kappa shape index (κ2) is 15.8. The summed E-state index contributed by atoms with van der Waals surface area (Å²) < 4.78 is 25.4. The molecule has 0 atom stereocenters. The van der Waals surface area contributed by atoms with Crippen molar-refractivity contribution in [3.63, 3.8) is 0 Å². The molecular weight excluding hydrogens is 320 g/mol. The molecule has 0 saturated carbocycles. The summed E-state index contributed by atoms with van der Waals surface area (Å²) in [4.78, 5) is 10.8. The van der Waals surface area contributed by atoms with E-state index in [0.717, 1.165) is 5.33 Å². The van der Waals surface area contributed by atoms with E-state index in [4.69, 9.17) is 18.9 Å². The molecule has 0 aromatic carbocycles. The minimum Gasteiger partial charge on any atom is -0.469 e. The van der Waals surface area contributed by atoms with Gasteiger partial charge in [-0.05, 0) is 0 Å². The smallest absolute Gasteiger partial charge is 0.307 e. The Morgan fingerprint density at radius 1 is 0.789 bits per heavy atom. The molecule has 114 valence electrons. The summed E-state index contributed by atoms with van der Waals surface area (Å²) >= 11 is 3.27. The topological polar surface area (TPSA) is 63.2 Å². The van der Waals surface area contributed by atoms with E-state index in [1.807, 2.05) is 0 Å². The molecule has 0 N–H and O–H groups in total. The van der Waals surface area contributed by atoms with Crippen LogP contribution in [0, 0.1) is 0 Å². The number of hydrogen-bond donors (Lipinski definition) is 0. The van der Waals surface area contributed by atoms with Gasteiger partial charge in [-0.15, -0.1) is 0 Å². The average molecular weight is 343 g/mol. The van der Waals surface area contributed by atoms with Crippen molar-refractivity contribution in [2.45, 2.75) is 6.42 Å². The van der Waals surface area contributed by atoms with Crippen molar-refractivity contribution in [1.82, 2.24) is 0 Å². The van der Waals surface area contributed by atoms with E-state index >= 15 is 0 Å². The van der Waals surface area contributed by atoms with Gasteiger partial charge >= 0.3 is 5.97 Å². The number of esters is 1. The van der Waals surface area contributed by atoms with Crippen LogP contribution in [-0.4, -0.2) is 71.3 Å². The SMILES string of the molecule is COC(=O)CCOCCOCCOCCOCCBr. The highest BCUT2D eigenvalue weighted by atomic mass is 79.9. The Labute approximate surface area is 122 Å². The molecule has 0 fully saturated rings. The number of rotatable bonds is 14. The van der Waals surface area contributed by atoms with Gasteiger partial charge in [0.15, 0.2) is 0 Å². The maximum atomic E-state index is 10.8. The van der Waals surface area contributed by atoms with Crippen molar-refractivity contribution < 1.29 is 28.5 Å². The Kier molecular flexibility index (Phi) is 15.7. The highest BCUT2D eigenvalue weighted by Gasteiger charge is 1.98. The first-order valence-electron chi connectivity index (χ1n) is 6.25. The van der Waals surface area contributed by atoms with Crippen LogP contribution in [0.5, 0.6) is 0 Å². The monoisotopic (exact) mass is 342 g/mol. The van der Waals surface area contributed by atoms with Gasteiger partial charge in [-0.3, -0.25) is 4.79 Å². The van der Waals surface area contributed by atoms with Gasteiger partial charge in [0, 0.05) is 5.33 Å². The summed E-state index contributed by atoms with van der Waals surface area (Å²) in [7, 11) is 1.36. The largest absolute Gasteiger partial charge is 0.469 e. The lowest BCUT2D eigenvalue weighted by atomic mass is 10.5. The second-order valence-corrected chi connectivity index (χ2v) is 4.26. The summed E-state index contributed by atoms with van der Waals surface area (Å²) in [5, 5.41) is 0.839. The lowest BCUT2D eigenvalue weighted by Crippen LogP contribution is -2.13. The number of hydrogen-bond acceptors (Lipinski definition) is 6. The first kappa shape index (κ1) is 18.8. The van der Waals surface area contributed by atoms with Crippen LogP contribution in [0.15, 0.2) is 0 Å². The predicted molar refractivity (Wildman–Crippen MR) is 73.7 cm³/mol. The Morgan fingerprint density at radius 3 is 1.63 bits per heavy atom. The number of alkyl halides is 1. The van der Waals surface area contributed by atoms with Crippen molar-refractivity contribution in [2.24, 2.45) is 0 Å². The molecule has 0 rings (SSSR count). The van der Waals surface area contributed by atoms with Gasteiger partial charge in [0.25, 0.3) is 0 Å². The second-order valence-electron chi connectivity index (χ2n) is 3.46. The number of halogens is 1. The number of carbonyl (C=O) groups excluding carboxylic acids is 1. The Morgan fingerprint density at radius 2 is 1.21 bits per heavy atom. The molecular formula is C12H23BrO6. The summed E-state index contributed by atoms with van der Waals surface area (Å²) in [6, 6.07) is 0. The standard InChI is InChI=1S/C12H23BrO6/c1-15-12(14)2-4-16-6-8-18-10-11-19-9-7-17-5-3-13/h2-11H2,1H3. The molecule has 0 spiro atoms. The third-order valence-corrected chi connectivity index (χ3v) is 2.34. The number of methoxy groups -OCH3 is 1. The van der Waals surface area contributed by atoms with Crippen LogP contribution in [0.2, 0.25) is 0 Å². The molecule has 0 aliphatic carbocycles. The fourth-order valence-corrected chi connectivity index (χ4v) is 1.30. The molecule has 0 amide bonds. The zero-order valence-electron chi connectivity index (χ0n) is 11.4. The van der Waals surface area contributed by atoms with E-state index in [9.17, 15) is 4.79 Å². The fourth-order valence-electron chi connectivity index (χ4n) is 1.07. The van der Waals surface area contributed by atoms with Crippen molar-refractivity contribution in [3.05, 3.63) is 0 Å². The van der Waals surface area contributed by atoms with Crippen LogP contribution in [-0.2, 0) is 28.5 Å². The van der Waals surface area contributed by atoms with E-state index < -0.39 is 0 Å². The van der Waals surface area contributed by atoms with Gasteiger partial charge in [0.1, 0.15) is 0 Å². The zero-order chi connectivity index (χ0) is 14.2. The minimum absolute atomic E-state index is 0.267. The summed E-state index contributed by atoms with van der Waals surface area (Å²) in [5.41, 5.74) is 0. The van der Waals surface area contributed by atoms with Crippen molar-refractivity contribution in [3.8, 4) is 0 Å². The van der Waals surface area contributed by atoms with Gasteiger partial charge in [-0.1, -0.05) is 15.9 Å². The maximum absolute atomic E-state index is 10.8. The molecule has 0 bridgehead atoms. The van der Waals surface area contributed by atoms with Crippen LogP contribution in [0.1, 0.15) is 6.42 Å². The molecule has 0 heterocycles. The predicted octanol–water partition coefficient (Wildman–Crippen LogP) is 1.01. The first-order chi connectivity index (χ1) is 9.31. The van der Waals surface area contributed by atoms with Gasteiger partial charge < -0.3 is 23.7 Å². The van der Waals surface area contributed by atoms with Crippen molar-refractivity contribution in [1.29, 1.82) is 0 Å². The zero-order valence-corrected chi connectivity index (χ0v) is 13.0. The molecule has 0 aliphatic heterocycles. The molecule has 0 aliphatic rings. The van der Waals surface area contributed by atoms with Crippen LogP contribution in [0.25, 0.3) is 0 Å². The van der Waals surface area contributed by atoms with E-state index in [2.05, 4.69) is 20.7 Å². The quantitative estimate of drug-likeness (QED) is 0.267. The molecule has 19 heavy (non-hydrogen) atoms. The number of carbonyl (C=O) groups is 1. The number of ether oxygens (including phenoxy) is 5. The molecule has 0 aromatic heterocycles. The lowest BCUT2D eigenvalue weighted by molar-refractivity contribution is -0.141. The molecule has 0 unspecified atom stereocenters. The van der Waals surface area contributed by atoms with Crippen LogP contribution in [0.4, 0.5) is 0 Å². The normalized spacial score (nSPS) is 10.6. The summed E-state index contributed by atoms with van der Waals surface area (Å²) in [6.07, 6.45) is 0.272. The summed E-state index contributed by atoms with van der Waals surface area (Å²) in [6.45, 7) is 4.25. The van der Waals surface area contributed by atoms with Gasteiger partial charge in [-0.25, -0.2) is 0 Å². The third-order valence-electron chi connectivity index (χ3n) is 2.02.